The lowest BCUT2D eigenvalue weighted by Crippen LogP contribution is -2.34. The zero-order chi connectivity index (χ0) is 11.8. The smallest absolute Gasteiger partial charge is 0.237 e. The first-order valence-electron chi connectivity index (χ1n) is 5.29. The Bertz CT molecular complexity index is 439. The van der Waals surface area contributed by atoms with Crippen LogP contribution in [0.2, 0.25) is 0 Å². The van der Waals surface area contributed by atoms with Gasteiger partial charge in [-0.3, -0.25) is 14.9 Å². The van der Waals surface area contributed by atoms with Crippen LogP contribution in [0.3, 0.4) is 0 Å². The Morgan fingerprint density at radius 1 is 1.31 bits per heavy atom. The van der Waals surface area contributed by atoms with Gasteiger partial charge in [0.2, 0.25) is 11.8 Å². The third kappa shape index (κ3) is 1.46. The second-order valence-electron chi connectivity index (χ2n) is 4.11. The number of hydrogen-bond donors (Lipinski definition) is 2. The summed E-state index contributed by atoms with van der Waals surface area (Å²) in [5.74, 6) is -0.409. The molecule has 2 amide bonds. The third-order valence-electron chi connectivity index (χ3n) is 3.22. The van der Waals surface area contributed by atoms with E-state index in [0.29, 0.717) is 12.1 Å². The molecule has 1 fully saturated rings. The number of hydrogen-bond acceptors (Lipinski definition) is 3. The number of carbonyl (C=O) groups excluding carboxylic acids is 2. The number of carbonyl (C=O) groups is 2. The minimum atomic E-state index is -0.704. The van der Waals surface area contributed by atoms with E-state index >= 15 is 0 Å². The van der Waals surface area contributed by atoms with Gasteiger partial charge < -0.3 is 5.73 Å². The van der Waals surface area contributed by atoms with Crippen molar-refractivity contribution >= 4 is 17.5 Å². The van der Waals surface area contributed by atoms with Crippen molar-refractivity contribution in [2.75, 3.05) is 5.73 Å². The monoisotopic (exact) mass is 218 g/mol. The summed E-state index contributed by atoms with van der Waals surface area (Å²) in [7, 11) is 0. The van der Waals surface area contributed by atoms with E-state index in [0.717, 1.165) is 5.56 Å². The molecule has 1 aliphatic rings. The van der Waals surface area contributed by atoms with Crippen LogP contribution in [0.5, 0.6) is 0 Å². The summed E-state index contributed by atoms with van der Waals surface area (Å²) in [6, 6.07) is 7.14. The van der Waals surface area contributed by atoms with E-state index < -0.39 is 5.41 Å². The van der Waals surface area contributed by atoms with Crippen LogP contribution >= 0.6 is 0 Å². The summed E-state index contributed by atoms with van der Waals surface area (Å²) in [5, 5.41) is 2.36. The Hall–Kier alpha value is -1.84. The SMILES string of the molecule is CC[C@]1(c2ccc(N)cc2)CC(=O)NC1=O. The zero-order valence-corrected chi connectivity index (χ0v) is 9.12. The molecule has 3 N–H and O–H groups in total. The average molecular weight is 218 g/mol. The van der Waals surface area contributed by atoms with Crippen LogP contribution in [0.25, 0.3) is 0 Å². The summed E-state index contributed by atoms with van der Waals surface area (Å²) in [6.07, 6.45) is 0.834. The number of rotatable bonds is 2. The van der Waals surface area contributed by atoms with Crippen molar-refractivity contribution in [3.05, 3.63) is 29.8 Å². The van der Waals surface area contributed by atoms with Gasteiger partial charge in [-0.05, 0) is 24.1 Å². The lowest BCUT2D eigenvalue weighted by Gasteiger charge is -2.23. The molecule has 0 aromatic heterocycles. The topological polar surface area (TPSA) is 72.2 Å². The lowest BCUT2D eigenvalue weighted by atomic mass is 9.76. The van der Waals surface area contributed by atoms with Crippen molar-refractivity contribution in [2.24, 2.45) is 0 Å². The number of imide groups is 1. The molecule has 1 saturated heterocycles. The van der Waals surface area contributed by atoms with E-state index in [2.05, 4.69) is 5.32 Å². The minimum Gasteiger partial charge on any atom is -0.399 e. The molecule has 1 aromatic carbocycles. The van der Waals surface area contributed by atoms with Gasteiger partial charge >= 0.3 is 0 Å². The van der Waals surface area contributed by atoms with Crippen molar-refractivity contribution in [1.29, 1.82) is 0 Å². The molecule has 1 aromatic rings. The largest absolute Gasteiger partial charge is 0.399 e. The van der Waals surface area contributed by atoms with Crippen molar-refractivity contribution in [2.45, 2.75) is 25.2 Å². The quantitative estimate of drug-likeness (QED) is 0.573. The van der Waals surface area contributed by atoms with E-state index in [-0.39, 0.29) is 18.2 Å². The maximum atomic E-state index is 11.9. The molecule has 1 aliphatic heterocycles. The minimum absolute atomic E-state index is 0.204. The Balaban J connectivity index is 2.46. The molecule has 16 heavy (non-hydrogen) atoms. The molecular weight excluding hydrogens is 204 g/mol. The molecule has 0 saturated carbocycles. The molecule has 0 spiro atoms. The lowest BCUT2D eigenvalue weighted by molar-refractivity contribution is -0.126. The molecule has 4 heteroatoms. The van der Waals surface area contributed by atoms with Gasteiger partial charge in [0.25, 0.3) is 0 Å². The van der Waals surface area contributed by atoms with Crippen LogP contribution in [0.15, 0.2) is 24.3 Å². The predicted octanol–water partition coefficient (Wildman–Crippen LogP) is 0.963. The highest BCUT2D eigenvalue weighted by Gasteiger charge is 2.46. The Morgan fingerprint density at radius 2 is 1.94 bits per heavy atom. The molecule has 1 heterocycles. The first-order chi connectivity index (χ1) is 7.58. The van der Waals surface area contributed by atoms with Gasteiger partial charge in [0, 0.05) is 12.1 Å². The van der Waals surface area contributed by atoms with E-state index in [1.807, 2.05) is 19.1 Å². The molecule has 84 valence electrons. The van der Waals surface area contributed by atoms with Crippen molar-refractivity contribution in [3.63, 3.8) is 0 Å². The first-order valence-corrected chi connectivity index (χ1v) is 5.29. The number of benzene rings is 1. The number of nitrogens with two attached hydrogens (primary N) is 1. The first kappa shape index (κ1) is 10.7. The van der Waals surface area contributed by atoms with Crippen LogP contribution in [-0.2, 0) is 15.0 Å². The van der Waals surface area contributed by atoms with Crippen molar-refractivity contribution in [3.8, 4) is 0 Å². The van der Waals surface area contributed by atoms with Gasteiger partial charge in [0.1, 0.15) is 0 Å². The average Bonchev–Trinajstić information content (AvgIpc) is 2.55. The van der Waals surface area contributed by atoms with Gasteiger partial charge in [-0.2, -0.15) is 0 Å². The second kappa shape index (κ2) is 3.63. The summed E-state index contributed by atoms with van der Waals surface area (Å²) < 4.78 is 0. The normalized spacial score (nSPS) is 24.6. The highest BCUT2D eigenvalue weighted by molar-refractivity contribution is 6.09. The number of nitrogens with one attached hydrogen (secondary N) is 1. The van der Waals surface area contributed by atoms with Gasteiger partial charge in [-0.25, -0.2) is 0 Å². The number of anilines is 1. The summed E-state index contributed by atoms with van der Waals surface area (Å²) >= 11 is 0. The van der Waals surface area contributed by atoms with Gasteiger partial charge in [0.15, 0.2) is 0 Å². The van der Waals surface area contributed by atoms with Gasteiger partial charge in [0.05, 0.1) is 5.41 Å². The predicted molar refractivity (Wildman–Crippen MR) is 60.6 cm³/mol. The zero-order valence-electron chi connectivity index (χ0n) is 9.12. The summed E-state index contributed by atoms with van der Waals surface area (Å²) in [5.41, 5.74) is 6.41. The van der Waals surface area contributed by atoms with Gasteiger partial charge in [-0.15, -0.1) is 0 Å². The highest BCUT2D eigenvalue weighted by atomic mass is 16.2. The molecule has 0 unspecified atom stereocenters. The summed E-state index contributed by atoms with van der Waals surface area (Å²) in [6.45, 7) is 1.91. The maximum absolute atomic E-state index is 11.9. The molecule has 0 bridgehead atoms. The summed E-state index contributed by atoms with van der Waals surface area (Å²) in [4.78, 5) is 23.2. The highest BCUT2D eigenvalue weighted by Crippen LogP contribution is 2.35. The number of amides is 2. The molecule has 4 nitrogen and oxygen atoms in total. The third-order valence-corrected chi connectivity index (χ3v) is 3.22. The molecule has 0 radical (unpaired) electrons. The van der Waals surface area contributed by atoms with Crippen LogP contribution in [0, 0.1) is 0 Å². The fraction of sp³-hybridized carbons (Fsp3) is 0.333. The van der Waals surface area contributed by atoms with E-state index in [1.165, 1.54) is 0 Å². The van der Waals surface area contributed by atoms with Crippen LogP contribution < -0.4 is 11.1 Å². The van der Waals surface area contributed by atoms with Crippen molar-refractivity contribution < 1.29 is 9.59 Å². The Kier molecular flexibility index (Phi) is 2.42. The fourth-order valence-electron chi connectivity index (χ4n) is 2.17. The molecular formula is C12H14N2O2. The molecule has 0 aliphatic carbocycles. The van der Waals surface area contributed by atoms with E-state index in [4.69, 9.17) is 5.73 Å². The Morgan fingerprint density at radius 3 is 2.38 bits per heavy atom. The van der Waals surface area contributed by atoms with Crippen molar-refractivity contribution in [1.82, 2.24) is 5.32 Å². The molecule has 1 atom stereocenters. The maximum Gasteiger partial charge on any atom is 0.237 e. The van der Waals surface area contributed by atoms with E-state index in [9.17, 15) is 9.59 Å². The second-order valence-corrected chi connectivity index (χ2v) is 4.11. The van der Waals surface area contributed by atoms with E-state index in [1.54, 1.807) is 12.1 Å². The fourth-order valence-corrected chi connectivity index (χ4v) is 2.17. The van der Waals surface area contributed by atoms with Gasteiger partial charge in [-0.1, -0.05) is 19.1 Å². The molecule has 2 rings (SSSR count). The van der Waals surface area contributed by atoms with Crippen LogP contribution in [0.1, 0.15) is 25.3 Å². The van der Waals surface area contributed by atoms with Crippen LogP contribution in [0.4, 0.5) is 5.69 Å². The Labute approximate surface area is 93.8 Å². The standard InChI is InChI=1S/C12H14N2O2/c1-2-12(7-10(15)14-11(12)16)8-3-5-9(13)6-4-8/h3-6H,2,7,13H2,1H3,(H,14,15,16)/t12-/m1/s1. The number of nitrogen functional groups attached to an aromatic ring is 1. The van der Waals surface area contributed by atoms with Crippen LogP contribution in [-0.4, -0.2) is 11.8 Å².